The van der Waals surface area contributed by atoms with E-state index in [1.807, 2.05) is 12.1 Å². The van der Waals surface area contributed by atoms with E-state index in [4.69, 9.17) is 14.7 Å². The van der Waals surface area contributed by atoms with E-state index in [2.05, 4.69) is 6.92 Å². The smallest absolute Gasteiger partial charge is 0.270 e. The van der Waals surface area contributed by atoms with Crippen LogP contribution >= 0.6 is 0 Å². The monoisotopic (exact) mass is 279 g/mol. The zero-order valence-electron chi connectivity index (χ0n) is 12.1. The molecule has 5 heteroatoms. The molecule has 0 spiro atoms. The fourth-order valence-corrected chi connectivity index (χ4v) is 1.62. The zero-order valence-corrected chi connectivity index (χ0v) is 12.1. The first kappa shape index (κ1) is 16.0. The molecule has 0 aliphatic rings. The Morgan fingerprint density at radius 2 is 2.15 bits per heavy atom. The largest absolute Gasteiger partial charge is 0.493 e. The van der Waals surface area contributed by atoms with Crippen molar-refractivity contribution in [2.24, 2.45) is 0 Å². The van der Waals surface area contributed by atoms with Crippen molar-refractivity contribution < 1.29 is 19.5 Å². The molecule has 0 atom stereocenters. The van der Waals surface area contributed by atoms with E-state index in [1.54, 1.807) is 31.7 Å². The van der Waals surface area contributed by atoms with Gasteiger partial charge in [0.2, 0.25) is 0 Å². The summed E-state index contributed by atoms with van der Waals surface area (Å²) >= 11 is 0. The van der Waals surface area contributed by atoms with E-state index in [1.165, 1.54) is 0 Å². The van der Waals surface area contributed by atoms with E-state index >= 15 is 0 Å². The van der Waals surface area contributed by atoms with Crippen LogP contribution < -0.4 is 15.0 Å². The molecule has 110 valence electrons. The maximum absolute atomic E-state index is 11.2. The molecule has 0 aliphatic carbocycles. The highest BCUT2D eigenvalue weighted by atomic mass is 16.5. The molecule has 0 heterocycles. The standard InChI is InChI=1S/C15H21NO4/c1-4-5-8-20-13-7-6-12(10-14(13)19-3)9-11(2)15(17)16-18/h6-7,9-10,18H,4-5,8H2,1-3H3,(H,16,17)/b11-9+. The molecule has 1 aromatic rings. The molecule has 0 saturated heterocycles. The first-order valence-corrected chi connectivity index (χ1v) is 6.56. The summed E-state index contributed by atoms with van der Waals surface area (Å²) in [4.78, 5) is 11.2. The van der Waals surface area contributed by atoms with Crippen LogP contribution in [0.1, 0.15) is 32.3 Å². The van der Waals surface area contributed by atoms with Gasteiger partial charge in [-0.1, -0.05) is 19.4 Å². The predicted molar refractivity (Wildman–Crippen MR) is 77.0 cm³/mol. The van der Waals surface area contributed by atoms with E-state index in [-0.39, 0.29) is 0 Å². The zero-order chi connectivity index (χ0) is 15.0. The Morgan fingerprint density at radius 1 is 1.40 bits per heavy atom. The number of amides is 1. The van der Waals surface area contributed by atoms with Gasteiger partial charge in [-0.05, 0) is 37.1 Å². The van der Waals surface area contributed by atoms with Gasteiger partial charge in [-0.15, -0.1) is 0 Å². The van der Waals surface area contributed by atoms with Gasteiger partial charge in [-0.2, -0.15) is 0 Å². The van der Waals surface area contributed by atoms with Gasteiger partial charge in [-0.3, -0.25) is 10.0 Å². The summed E-state index contributed by atoms with van der Waals surface area (Å²) in [6.07, 6.45) is 3.71. The van der Waals surface area contributed by atoms with Crippen molar-refractivity contribution in [1.82, 2.24) is 5.48 Å². The molecule has 2 N–H and O–H groups in total. The Morgan fingerprint density at radius 3 is 2.75 bits per heavy atom. The fraction of sp³-hybridized carbons (Fsp3) is 0.400. The number of hydrogen-bond donors (Lipinski definition) is 2. The average molecular weight is 279 g/mol. The van der Waals surface area contributed by atoms with Crippen molar-refractivity contribution in [3.63, 3.8) is 0 Å². The Labute approximate surface area is 119 Å². The van der Waals surface area contributed by atoms with Gasteiger partial charge in [0.05, 0.1) is 13.7 Å². The van der Waals surface area contributed by atoms with Gasteiger partial charge in [-0.25, -0.2) is 5.48 Å². The van der Waals surface area contributed by atoms with Gasteiger partial charge < -0.3 is 9.47 Å². The van der Waals surface area contributed by atoms with E-state index in [0.29, 0.717) is 23.7 Å². The van der Waals surface area contributed by atoms with Gasteiger partial charge in [0.25, 0.3) is 5.91 Å². The second-order valence-electron chi connectivity index (χ2n) is 4.38. The molecular weight excluding hydrogens is 258 g/mol. The number of ether oxygens (including phenoxy) is 2. The topological polar surface area (TPSA) is 67.8 Å². The quantitative estimate of drug-likeness (QED) is 0.348. The van der Waals surface area contributed by atoms with Crippen LogP contribution in [-0.4, -0.2) is 24.8 Å². The van der Waals surface area contributed by atoms with Gasteiger partial charge >= 0.3 is 0 Å². The number of carbonyl (C=O) groups excluding carboxylic acids is 1. The summed E-state index contributed by atoms with van der Waals surface area (Å²) < 4.78 is 10.9. The van der Waals surface area contributed by atoms with Crippen molar-refractivity contribution >= 4 is 12.0 Å². The van der Waals surface area contributed by atoms with Crippen LogP contribution in [0.4, 0.5) is 0 Å². The first-order valence-electron chi connectivity index (χ1n) is 6.56. The minimum atomic E-state index is -0.535. The van der Waals surface area contributed by atoms with Crippen LogP contribution in [0, 0.1) is 0 Å². The minimum Gasteiger partial charge on any atom is -0.493 e. The highest BCUT2D eigenvalue weighted by Gasteiger charge is 2.07. The molecule has 20 heavy (non-hydrogen) atoms. The molecule has 0 radical (unpaired) electrons. The highest BCUT2D eigenvalue weighted by Crippen LogP contribution is 2.29. The first-order chi connectivity index (χ1) is 9.62. The molecule has 0 saturated carbocycles. The van der Waals surface area contributed by atoms with Crippen LogP contribution in [0.2, 0.25) is 0 Å². The number of benzene rings is 1. The fourth-order valence-electron chi connectivity index (χ4n) is 1.62. The van der Waals surface area contributed by atoms with Gasteiger partial charge in [0, 0.05) is 5.57 Å². The molecule has 0 fully saturated rings. The molecule has 0 aromatic heterocycles. The highest BCUT2D eigenvalue weighted by molar-refractivity contribution is 5.96. The third kappa shape index (κ3) is 4.59. The Balaban J connectivity index is 2.89. The lowest BCUT2D eigenvalue weighted by Gasteiger charge is -2.11. The van der Waals surface area contributed by atoms with E-state index < -0.39 is 5.91 Å². The summed E-state index contributed by atoms with van der Waals surface area (Å²) in [7, 11) is 1.57. The summed E-state index contributed by atoms with van der Waals surface area (Å²) in [6, 6.07) is 5.43. The maximum atomic E-state index is 11.2. The minimum absolute atomic E-state index is 0.397. The molecule has 1 aromatic carbocycles. The molecular formula is C15H21NO4. The third-order valence-corrected chi connectivity index (χ3v) is 2.79. The summed E-state index contributed by atoms with van der Waals surface area (Å²) in [5.41, 5.74) is 2.79. The molecule has 1 amide bonds. The average Bonchev–Trinajstić information content (AvgIpc) is 2.47. The second kappa shape index (κ2) is 8.22. The molecule has 0 bridgehead atoms. The van der Waals surface area contributed by atoms with Crippen molar-refractivity contribution in [3.05, 3.63) is 29.3 Å². The van der Waals surface area contributed by atoms with Crippen molar-refractivity contribution in [3.8, 4) is 11.5 Å². The number of methoxy groups -OCH3 is 1. The van der Waals surface area contributed by atoms with Gasteiger partial charge in [0.15, 0.2) is 11.5 Å². The van der Waals surface area contributed by atoms with Crippen molar-refractivity contribution in [2.45, 2.75) is 26.7 Å². The Kier molecular flexibility index (Phi) is 6.59. The third-order valence-electron chi connectivity index (χ3n) is 2.79. The Bertz CT molecular complexity index is 483. The van der Waals surface area contributed by atoms with Crippen LogP contribution in [0.25, 0.3) is 6.08 Å². The lowest BCUT2D eigenvalue weighted by atomic mass is 10.1. The van der Waals surface area contributed by atoms with Crippen molar-refractivity contribution in [1.29, 1.82) is 0 Å². The van der Waals surface area contributed by atoms with Crippen LogP contribution in [-0.2, 0) is 4.79 Å². The number of unbranched alkanes of at least 4 members (excludes halogenated alkanes) is 1. The normalized spacial score (nSPS) is 11.1. The molecule has 1 rings (SSSR count). The summed E-state index contributed by atoms with van der Waals surface area (Å²) in [5, 5.41) is 8.56. The number of carbonyl (C=O) groups is 1. The van der Waals surface area contributed by atoms with Gasteiger partial charge in [0.1, 0.15) is 0 Å². The SMILES string of the molecule is CCCCOc1ccc(/C=C(\C)C(=O)NO)cc1OC. The van der Waals surface area contributed by atoms with Crippen LogP contribution in [0.3, 0.4) is 0 Å². The molecule has 0 unspecified atom stereocenters. The molecule has 0 aliphatic heterocycles. The lowest BCUT2D eigenvalue weighted by molar-refractivity contribution is -0.125. The number of rotatable bonds is 7. The lowest BCUT2D eigenvalue weighted by Crippen LogP contribution is -2.19. The maximum Gasteiger partial charge on any atom is 0.270 e. The van der Waals surface area contributed by atoms with Crippen LogP contribution in [0.5, 0.6) is 11.5 Å². The van der Waals surface area contributed by atoms with E-state index in [0.717, 1.165) is 18.4 Å². The summed E-state index contributed by atoms with van der Waals surface area (Å²) in [6.45, 7) is 4.36. The van der Waals surface area contributed by atoms with Crippen molar-refractivity contribution in [2.75, 3.05) is 13.7 Å². The predicted octanol–water partition coefficient (Wildman–Crippen LogP) is 2.78. The van der Waals surface area contributed by atoms with Crippen LogP contribution in [0.15, 0.2) is 23.8 Å². The summed E-state index contributed by atoms with van der Waals surface area (Å²) in [5.74, 6) is 0.765. The second-order valence-corrected chi connectivity index (χ2v) is 4.38. The molecule has 5 nitrogen and oxygen atoms in total. The number of hydrogen-bond acceptors (Lipinski definition) is 4. The Hall–Kier alpha value is -2.01. The number of hydroxylamine groups is 1. The number of nitrogens with one attached hydrogen (secondary N) is 1. The van der Waals surface area contributed by atoms with E-state index in [9.17, 15) is 4.79 Å².